The highest BCUT2D eigenvalue weighted by molar-refractivity contribution is 5.99. The lowest BCUT2D eigenvalue weighted by molar-refractivity contribution is 0.0535. The van der Waals surface area contributed by atoms with Crippen molar-refractivity contribution in [1.29, 1.82) is 0 Å². The van der Waals surface area contributed by atoms with Crippen LogP contribution in [0.15, 0.2) is 42.5 Å². The number of rotatable bonds is 3. The standard InChI is InChI=1S/C23H25N3O3/c1-15-16(2)24-21-8-7-18(14-20(15)21)23(28)26-11-9-25(10-12-26)22(27)17-5-4-6-19(13-17)29-3/h4-8,13-14,24H,9-12H2,1-3H3. The fourth-order valence-electron chi connectivity index (χ4n) is 3.83. The molecule has 2 amide bonds. The SMILES string of the molecule is COc1cccc(C(=O)N2CCN(C(=O)c3ccc4[nH]c(C)c(C)c4c3)CC2)c1. The number of aromatic amines is 1. The summed E-state index contributed by atoms with van der Waals surface area (Å²) in [5.74, 6) is 0.643. The molecular weight excluding hydrogens is 366 g/mol. The second-order valence-corrected chi connectivity index (χ2v) is 7.45. The quantitative estimate of drug-likeness (QED) is 0.744. The third-order valence-electron chi connectivity index (χ3n) is 5.73. The molecule has 1 aliphatic heterocycles. The molecule has 6 nitrogen and oxygen atoms in total. The van der Waals surface area contributed by atoms with Crippen molar-refractivity contribution < 1.29 is 14.3 Å². The molecule has 2 aromatic carbocycles. The third-order valence-corrected chi connectivity index (χ3v) is 5.73. The number of piperazine rings is 1. The number of carbonyl (C=O) groups is 2. The van der Waals surface area contributed by atoms with Crippen molar-refractivity contribution in [3.8, 4) is 5.75 Å². The van der Waals surface area contributed by atoms with Crippen LogP contribution in [0.4, 0.5) is 0 Å². The van der Waals surface area contributed by atoms with Gasteiger partial charge in [-0.15, -0.1) is 0 Å². The van der Waals surface area contributed by atoms with Gasteiger partial charge in [0.15, 0.2) is 0 Å². The zero-order chi connectivity index (χ0) is 20.5. The van der Waals surface area contributed by atoms with Gasteiger partial charge in [0.05, 0.1) is 7.11 Å². The summed E-state index contributed by atoms with van der Waals surface area (Å²) in [6.45, 7) is 6.19. The van der Waals surface area contributed by atoms with Gasteiger partial charge in [0.1, 0.15) is 5.75 Å². The molecule has 0 saturated carbocycles. The number of nitrogens with zero attached hydrogens (tertiary/aromatic N) is 2. The van der Waals surface area contributed by atoms with Crippen LogP contribution in [0.2, 0.25) is 0 Å². The average molecular weight is 391 g/mol. The van der Waals surface area contributed by atoms with E-state index < -0.39 is 0 Å². The van der Waals surface area contributed by atoms with Gasteiger partial charge in [-0.25, -0.2) is 0 Å². The molecule has 0 unspecified atom stereocenters. The summed E-state index contributed by atoms with van der Waals surface area (Å²) < 4.78 is 5.20. The second-order valence-electron chi connectivity index (χ2n) is 7.45. The van der Waals surface area contributed by atoms with Gasteiger partial charge < -0.3 is 19.5 Å². The van der Waals surface area contributed by atoms with Gasteiger partial charge in [-0.2, -0.15) is 0 Å². The Balaban J connectivity index is 1.44. The molecule has 1 fully saturated rings. The van der Waals surface area contributed by atoms with Gasteiger partial charge in [0.2, 0.25) is 0 Å². The molecule has 0 radical (unpaired) electrons. The Morgan fingerprint density at radius 2 is 1.52 bits per heavy atom. The minimum atomic E-state index is -0.0316. The van der Waals surface area contributed by atoms with Crippen LogP contribution < -0.4 is 4.74 Å². The molecule has 0 spiro atoms. The molecule has 2 heterocycles. The van der Waals surface area contributed by atoms with E-state index in [1.807, 2.05) is 42.2 Å². The van der Waals surface area contributed by atoms with E-state index in [4.69, 9.17) is 4.74 Å². The molecule has 0 atom stereocenters. The first kappa shape index (κ1) is 19.1. The highest BCUT2D eigenvalue weighted by atomic mass is 16.5. The number of hydrogen-bond donors (Lipinski definition) is 1. The fourth-order valence-corrected chi connectivity index (χ4v) is 3.83. The van der Waals surface area contributed by atoms with E-state index in [-0.39, 0.29) is 11.8 Å². The molecule has 1 saturated heterocycles. The van der Waals surface area contributed by atoms with Gasteiger partial charge in [0.25, 0.3) is 11.8 Å². The van der Waals surface area contributed by atoms with Gasteiger partial charge in [-0.05, 0) is 55.8 Å². The van der Waals surface area contributed by atoms with E-state index in [0.717, 1.165) is 16.6 Å². The molecule has 3 aromatic rings. The molecule has 1 aromatic heterocycles. The topological polar surface area (TPSA) is 65.6 Å². The van der Waals surface area contributed by atoms with Crippen LogP contribution in [-0.4, -0.2) is 59.9 Å². The summed E-state index contributed by atoms with van der Waals surface area (Å²) in [4.78, 5) is 32.7. The molecule has 0 bridgehead atoms. The molecule has 1 aliphatic rings. The highest BCUT2D eigenvalue weighted by Crippen LogP contribution is 2.23. The van der Waals surface area contributed by atoms with Crippen molar-refractivity contribution in [3.63, 3.8) is 0 Å². The predicted octanol–water partition coefficient (Wildman–Crippen LogP) is 3.39. The number of methoxy groups -OCH3 is 1. The zero-order valence-electron chi connectivity index (χ0n) is 17.0. The minimum absolute atomic E-state index is 0.0126. The molecule has 0 aliphatic carbocycles. The van der Waals surface area contributed by atoms with Gasteiger partial charge in [-0.1, -0.05) is 6.07 Å². The summed E-state index contributed by atoms with van der Waals surface area (Å²) in [7, 11) is 1.58. The first-order valence-electron chi connectivity index (χ1n) is 9.79. The number of fused-ring (bicyclic) bond motifs is 1. The Morgan fingerprint density at radius 3 is 2.14 bits per heavy atom. The number of H-pyrrole nitrogens is 1. The van der Waals surface area contributed by atoms with Crippen molar-refractivity contribution in [2.75, 3.05) is 33.3 Å². The van der Waals surface area contributed by atoms with Crippen LogP contribution in [0.5, 0.6) is 5.75 Å². The molecule has 150 valence electrons. The Hall–Kier alpha value is -3.28. The number of aromatic nitrogens is 1. The van der Waals surface area contributed by atoms with E-state index in [0.29, 0.717) is 43.1 Å². The van der Waals surface area contributed by atoms with E-state index in [2.05, 4.69) is 11.9 Å². The number of amides is 2. The van der Waals surface area contributed by atoms with Gasteiger partial charge >= 0.3 is 0 Å². The van der Waals surface area contributed by atoms with Crippen molar-refractivity contribution in [2.45, 2.75) is 13.8 Å². The lowest BCUT2D eigenvalue weighted by Crippen LogP contribution is -2.50. The predicted molar refractivity (Wildman–Crippen MR) is 113 cm³/mol. The number of ether oxygens (including phenoxy) is 1. The van der Waals surface area contributed by atoms with Crippen LogP contribution in [0, 0.1) is 13.8 Å². The normalized spacial score (nSPS) is 14.3. The minimum Gasteiger partial charge on any atom is -0.497 e. The van der Waals surface area contributed by atoms with Gasteiger partial charge in [0, 0.05) is 53.9 Å². The van der Waals surface area contributed by atoms with Crippen LogP contribution in [-0.2, 0) is 0 Å². The first-order valence-corrected chi connectivity index (χ1v) is 9.79. The Kier molecular flexibility index (Phi) is 5.01. The summed E-state index contributed by atoms with van der Waals surface area (Å²) in [6.07, 6.45) is 0. The lowest BCUT2D eigenvalue weighted by atomic mass is 10.1. The highest BCUT2D eigenvalue weighted by Gasteiger charge is 2.26. The Morgan fingerprint density at radius 1 is 0.897 bits per heavy atom. The number of hydrogen-bond acceptors (Lipinski definition) is 3. The molecular formula is C23H25N3O3. The van der Waals surface area contributed by atoms with Crippen molar-refractivity contribution in [3.05, 3.63) is 64.8 Å². The maximum Gasteiger partial charge on any atom is 0.254 e. The summed E-state index contributed by atoms with van der Waals surface area (Å²) in [6, 6.07) is 13.0. The van der Waals surface area contributed by atoms with E-state index in [9.17, 15) is 9.59 Å². The fraction of sp³-hybridized carbons (Fsp3) is 0.304. The van der Waals surface area contributed by atoms with E-state index >= 15 is 0 Å². The largest absolute Gasteiger partial charge is 0.497 e. The number of nitrogens with one attached hydrogen (secondary N) is 1. The number of aryl methyl sites for hydroxylation is 2. The van der Waals surface area contributed by atoms with Crippen molar-refractivity contribution in [1.82, 2.24) is 14.8 Å². The van der Waals surface area contributed by atoms with E-state index in [1.165, 1.54) is 5.56 Å². The summed E-state index contributed by atoms with van der Waals surface area (Å²) >= 11 is 0. The molecule has 6 heteroatoms. The Labute approximate surface area is 170 Å². The second kappa shape index (κ2) is 7.62. The first-order chi connectivity index (χ1) is 14.0. The average Bonchev–Trinajstić information content (AvgIpc) is 3.06. The van der Waals surface area contributed by atoms with Crippen LogP contribution >= 0.6 is 0 Å². The maximum atomic E-state index is 13.0. The zero-order valence-corrected chi connectivity index (χ0v) is 17.0. The smallest absolute Gasteiger partial charge is 0.254 e. The maximum absolute atomic E-state index is 13.0. The number of benzene rings is 2. The molecule has 1 N–H and O–H groups in total. The van der Waals surface area contributed by atoms with E-state index in [1.54, 1.807) is 24.1 Å². The third kappa shape index (κ3) is 3.58. The molecule has 29 heavy (non-hydrogen) atoms. The monoisotopic (exact) mass is 391 g/mol. The van der Waals surface area contributed by atoms with Crippen LogP contribution in [0.1, 0.15) is 32.0 Å². The summed E-state index contributed by atoms with van der Waals surface area (Å²) in [5, 5.41) is 1.08. The molecule has 4 rings (SSSR count). The van der Waals surface area contributed by atoms with Crippen molar-refractivity contribution in [2.24, 2.45) is 0 Å². The Bertz CT molecular complexity index is 1080. The lowest BCUT2D eigenvalue weighted by Gasteiger charge is -2.35. The van der Waals surface area contributed by atoms with Crippen LogP contribution in [0.3, 0.4) is 0 Å². The number of carbonyl (C=O) groups excluding carboxylic acids is 2. The summed E-state index contributed by atoms with van der Waals surface area (Å²) in [5.41, 5.74) is 4.63. The van der Waals surface area contributed by atoms with Crippen LogP contribution in [0.25, 0.3) is 10.9 Å². The van der Waals surface area contributed by atoms with Gasteiger partial charge in [-0.3, -0.25) is 9.59 Å². The van der Waals surface area contributed by atoms with Crippen molar-refractivity contribution >= 4 is 22.7 Å².